The van der Waals surface area contributed by atoms with Crippen molar-refractivity contribution in [3.8, 4) is 0 Å². The molecule has 0 aromatic heterocycles. The van der Waals surface area contributed by atoms with Gasteiger partial charge in [-0.15, -0.1) is 0 Å². The minimum absolute atomic E-state index is 0.0154. The Morgan fingerprint density at radius 3 is 0.635 bits per heavy atom. The molecular weight excluding hydrogens is 641 g/mol. The van der Waals surface area contributed by atoms with E-state index in [0.29, 0.717) is 26.1 Å². The van der Waals surface area contributed by atoms with Gasteiger partial charge in [0.05, 0.1) is 13.2 Å². The van der Waals surface area contributed by atoms with Crippen LogP contribution in [0.1, 0.15) is 284 Å². The molecule has 52 heavy (non-hydrogen) atoms. The molecule has 0 rings (SSSR count). The van der Waals surface area contributed by atoms with Crippen LogP contribution in [0.3, 0.4) is 0 Å². The zero-order valence-corrected chi connectivity index (χ0v) is 35.7. The zero-order chi connectivity index (χ0) is 37.7. The zero-order valence-electron chi connectivity index (χ0n) is 35.7. The van der Waals surface area contributed by atoms with Gasteiger partial charge in [-0.05, 0) is 25.7 Å². The lowest BCUT2D eigenvalue weighted by Crippen LogP contribution is -2.05. The van der Waals surface area contributed by atoms with Crippen molar-refractivity contribution in [3.63, 3.8) is 0 Å². The van der Waals surface area contributed by atoms with Crippen LogP contribution in [0.25, 0.3) is 0 Å². The summed E-state index contributed by atoms with van der Waals surface area (Å²) in [6.45, 7) is 5.79. The van der Waals surface area contributed by atoms with Crippen LogP contribution in [0, 0.1) is 0 Å². The van der Waals surface area contributed by atoms with E-state index in [1.165, 1.54) is 231 Å². The summed E-state index contributed by atoms with van der Waals surface area (Å²) in [6, 6.07) is 0. The normalized spacial score (nSPS) is 11.3. The Kier molecular flexibility index (Phi) is 45.2. The number of hydrogen-bond acceptors (Lipinski definition) is 4. The maximum absolute atomic E-state index is 12.0. The molecule has 310 valence electrons. The Labute approximate surface area is 326 Å². The Bertz CT molecular complexity index is 634. The van der Waals surface area contributed by atoms with E-state index in [1.807, 2.05) is 0 Å². The molecule has 0 aliphatic carbocycles. The Morgan fingerprint density at radius 1 is 0.250 bits per heavy atom. The standard InChI is InChI=1S/C48H94O4/c1-3-5-7-9-11-13-15-23-27-31-35-39-43-47(49)51-45-41-37-33-29-25-21-19-17-18-20-22-26-30-34-38-42-46-52-48(50)44-40-36-32-28-24-16-14-12-10-8-6-4-2/h3-46H2,1-2H3. The molecule has 0 saturated heterocycles. The molecule has 0 spiro atoms. The van der Waals surface area contributed by atoms with E-state index < -0.39 is 0 Å². The van der Waals surface area contributed by atoms with Gasteiger partial charge in [-0.3, -0.25) is 9.59 Å². The lowest BCUT2D eigenvalue weighted by molar-refractivity contribution is -0.144. The maximum Gasteiger partial charge on any atom is 0.305 e. The molecule has 0 saturated carbocycles. The summed E-state index contributed by atoms with van der Waals surface area (Å²) >= 11 is 0. The van der Waals surface area contributed by atoms with Crippen LogP contribution in [0.4, 0.5) is 0 Å². The molecule has 0 aromatic rings. The highest BCUT2D eigenvalue weighted by atomic mass is 16.5. The number of ether oxygens (including phenoxy) is 2. The van der Waals surface area contributed by atoms with E-state index in [0.717, 1.165) is 25.7 Å². The number of esters is 2. The summed E-state index contributed by atoms with van der Waals surface area (Å²) in [7, 11) is 0. The second kappa shape index (κ2) is 46.1. The fourth-order valence-corrected chi connectivity index (χ4v) is 7.42. The van der Waals surface area contributed by atoms with Gasteiger partial charge in [0.2, 0.25) is 0 Å². The van der Waals surface area contributed by atoms with Crippen LogP contribution in [-0.4, -0.2) is 25.2 Å². The van der Waals surface area contributed by atoms with Gasteiger partial charge in [0.1, 0.15) is 0 Å². The van der Waals surface area contributed by atoms with Crippen LogP contribution >= 0.6 is 0 Å². The Balaban J connectivity index is 3.19. The maximum atomic E-state index is 12.0. The van der Waals surface area contributed by atoms with Crippen molar-refractivity contribution >= 4 is 11.9 Å². The Hall–Kier alpha value is -1.06. The monoisotopic (exact) mass is 735 g/mol. The van der Waals surface area contributed by atoms with Gasteiger partial charge >= 0.3 is 11.9 Å². The van der Waals surface area contributed by atoms with Gasteiger partial charge in [-0.25, -0.2) is 0 Å². The van der Waals surface area contributed by atoms with Crippen LogP contribution in [-0.2, 0) is 19.1 Å². The topological polar surface area (TPSA) is 52.6 Å². The SMILES string of the molecule is CCCCCCCCCCCCCCC(=O)OCCCCCCCCCCCCCCCCCCOC(=O)CCCCCCCCCCCCCC. The third kappa shape index (κ3) is 45.1. The molecule has 0 bridgehead atoms. The first-order chi connectivity index (χ1) is 25.7. The van der Waals surface area contributed by atoms with Crippen molar-refractivity contribution in [2.24, 2.45) is 0 Å². The molecule has 0 aliphatic rings. The molecule has 4 nitrogen and oxygen atoms in total. The minimum Gasteiger partial charge on any atom is -0.466 e. The highest BCUT2D eigenvalue weighted by Crippen LogP contribution is 2.16. The second-order valence-corrected chi connectivity index (χ2v) is 16.4. The first kappa shape index (κ1) is 50.9. The first-order valence-electron chi connectivity index (χ1n) is 24.0. The smallest absolute Gasteiger partial charge is 0.305 e. The molecule has 0 fully saturated rings. The van der Waals surface area contributed by atoms with Crippen LogP contribution in [0.5, 0.6) is 0 Å². The van der Waals surface area contributed by atoms with Gasteiger partial charge in [-0.1, -0.05) is 245 Å². The fraction of sp³-hybridized carbons (Fsp3) is 0.958. The van der Waals surface area contributed by atoms with Crippen molar-refractivity contribution in [1.82, 2.24) is 0 Å². The number of carbonyl (C=O) groups is 2. The van der Waals surface area contributed by atoms with E-state index >= 15 is 0 Å². The van der Waals surface area contributed by atoms with E-state index in [-0.39, 0.29) is 11.9 Å². The number of carbonyl (C=O) groups excluding carboxylic acids is 2. The van der Waals surface area contributed by atoms with E-state index in [4.69, 9.17) is 9.47 Å². The quantitative estimate of drug-likeness (QED) is 0.0462. The number of rotatable bonds is 45. The first-order valence-corrected chi connectivity index (χ1v) is 24.0. The third-order valence-electron chi connectivity index (χ3n) is 11.0. The molecule has 0 aromatic carbocycles. The third-order valence-corrected chi connectivity index (χ3v) is 11.0. The summed E-state index contributed by atoms with van der Waals surface area (Å²) in [6.07, 6.45) is 53.7. The van der Waals surface area contributed by atoms with Crippen molar-refractivity contribution in [3.05, 3.63) is 0 Å². The van der Waals surface area contributed by atoms with Crippen LogP contribution in [0.2, 0.25) is 0 Å². The van der Waals surface area contributed by atoms with Gasteiger partial charge in [-0.2, -0.15) is 0 Å². The lowest BCUT2D eigenvalue weighted by Gasteiger charge is -2.06. The Morgan fingerprint density at radius 2 is 0.423 bits per heavy atom. The van der Waals surface area contributed by atoms with E-state index in [2.05, 4.69) is 13.8 Å². The number of unbranched alkanes of at least 4 members (excludes halogenated alkanes) is 37. The second-order valence-electron chi connectivity index (χ2n) is 16.4. The lowest BCUT2D eigenvalue weighted by atomic mass is 10.0. The number of hydrogen-bond donors (Lipinski definition) is 0. The highest BCUT2D eigenvalue weighted by molar-refractivity contribution is 5.69. The summed E-state index contributed by atoms with van der Waals surface area (Å²) in [5.74, 6) is 0.0309. The molecular formula is C48H94O4. The predicted molar refractivity (Wildman–Crippen MR) is 227 cm³/mol. The van der Waals surface area contributed by atoms with Gasteiger partial charge < -0.3 is 9.47 Å². The molecule has 0 amide bonds. The summed E-state index contributed by atoms with van der Waals surface area (Å²) in [5, 5.41) is 0. The van der Waals surface area contributed by atoms with Crippen molar-refractivity contribution < 1.29 is 19.1 Å². The van der Waals surface area contributed by atoms with E-state index in [1.54, 1.807) is 0 Å². The van der Waals surface area contributed by atoms with Crippen molar-refractivity contribution in [1.29, 1.82) is 0 Å². The summed E-state index contributed by atoms with van der Waals surface area (Å²) < 4.78 is 10.9. The van der Waals surface area contributed by atoms with Crippen molar-refractivity contribution in [2.75, 3.05) is 13.2 Å². The molecule has 0 radical (unpaired) electrons. The molecule has 0 heterocycles. The van der Waals surface area contributed by atoms with E-state index in [9.17, 15) is 9.59 Å². The molecule has 0 aliphatic heterocycles. The van der Waals surface area contributed by atoms with Crippen LogP contribution in [0.15, 0.2) is 0 Å². The summed E-state index contributed by atoms with van der Waals surface area (Å²) in [4.78, 5) is 23.9. The highest BCUT2D eigenvalue weighted by Gasteiger charge is 2.04. The molecule has 4 heteroatoms. The largest absolute Gasteiger partial charge is 0.466 e. The van der Waals surface area contributed by atoms with Crippen molar-refractivity contribution in [2.45, 2.75) is 284 Å². The average Bonchev–Trinajstić information content (AvgIpc) is 3.14. The van der Waals surface area contributed by atoms with Crippen LogP contribution < -0.4 is 0 Å². The van der Waals surface area contributed by atoms with Gasteiger partial charge in [0, 0.05) is 12.8 Å². The molecule has 0 N–H and O–H groups in total. The summed E-state index contributed by atoms with van der Waals surface area (Å²) in [5.41, 5.74) is 0. The predicted octanol–water partition coefficient (Wildman–Crippen LogP) is 16.5. The molecule has 0 atom stereocenters. The average molecular weight is 735 g/mol. The minimum atomic E-state index is 0.0154. The van der Waals surface area contributed by atoms with Gasteiger partial charge in [0.15, 0.2) is 0 Å². The fourth-order valence-electron chi connectivity index (χ4n) is 7.42. The molecule has 0 unspecified atom stereocenters. The van der Waals surface area contributed by atoms with Gasteiger partial charge in [0.25, 0.3) is 0 Å².